The van der Waals surface area contributed by atoms with Crippen molar-refractivity contribution in [1.29, 1.82) is 0 Å². The molecule has 0 bridgehead atoms. The van der Waals surface area contributed by atoms with Gasteiger partial charge in [0.25, 0.3) is 0 Å². The first kappa shape index (κ1) is 23.0. The zero-order chi connectivity index (χ0) is 22.1. The lowest BCUT2D eigenvalue weighted by Gasteiger charge is -2.51. The van der Waals surface area contributed by atoms with Crippen LogP contribution in [0.15, 0.2) is 24.3 Å². The first-order chi connectivity index (χ1) is 14.0. The number of nitrogens with one attached hydrogen (secondary N) is 1. The van der Waals surface area contributed by atoms with Gasteiger partial charge < -0.3 is 20.4 Å². The number of piperidine rings is 1. The molecule has 166 valence electrons. The quantitative estimate of drug-likeness (QED) is 0.662. The standard InChI is InChI=1S/C23H33ClN2O4/c1-15(27)19(25-20(28)16-6-4-5-7-16)21(29)26-13-12-23(30,22(2,3)14-26)17-8-10-18(24)11-9-17/h8-11,15-16,19,27,30H,4-7,12-14H2,1-3H3,(H,25,28)/t15?,19-,23+/m1/s1. The molecular weight excluding hydrogens is 404 g/mol. The third-order valence-corrected chi connectivity index (χ3v) is 7.11. The second-order valence-corrected chi connectivity index (χ2v) is 9.91. The number of aliphatic hydroxyl groups excluding tert-OH is 1. The van der Waals surface area contributed by atoms with Crippen LogP contribution in [0.2, 0.25) is 5.02 Å². The average molecular weight is 437 g/mol. The molecule has 1 saturated carbocycles. The van der Waals surface area contributed by atoms with Gasteiger partial charge in [0.05, 0.1) is 11.7 Å². The monoisotopic (exact) mass is 436 g/mol. The number of hydrogen-bond acceptors (Lipinski definition) is 4. The molecule has 2 fully saturated rings. The summed E-state index contributed by atoms with van der Waals surface area (Å²) in [5, 5.41) is 25.1. The van der Waals surface area contributed by atoms with Crippen LogP contribution in [0.5, 0.6) is 0 Å². The lowest BCUT2D eigenvalue weighted by atomic mass is 9.66. The summed E-state index contributed by atoms with van der Waals surface area (Å²) in [7, 11) is 0. The van der Waals surface area contributed by atoms with E-state index in [2.05, 4.69) is 5.32 Å². The molecule has 1 aromatic rings. The number of aliphatic hydroxyl groups is 2. The summed E-state index contributed by atoms with van der Waals surface area (Å²) < 4.78 is 0. The molecule has 2 aliphatic rings. The third kappa shape index (κ3) is 4.51. The molecule has 0 aromatic heterocycles. The number of benzene rings is 1. The van der Waals surface area contributed by atoms with Crippen LogP contribution in [0.3, 0.4) is 0 Å². The van der Waals surface area contributed by atoms with Crippen molar-refractivity contribution in [2.24, 2.45) is 11.3 Å². The maximum atomic E-state index is 13.2. The summed E-state index contributed by atoms with van der Waals surface area (Å²) >= 11 is 5.99. The van der Waals surface area contributed by atoms with Crippen LogP contribution >= 0.6 is 11.6 Å². The number of likely N-dealkylation sites (tertiary alicyclic amines) is 1. The van der Waals surface area contributed by atoms with E-state index in [1.54, 1.807) is 17.0 Å². The molecule has 30 heavy (non-hydrogen) atoms. The molecular formula is C23H33ClN2O4. The van der Waals surface area contributed by atoms with E-state index in [9.17, 15) is 19.8 Å². The zero-order valence-corrected chi connectivity index (χ0v) is 18.8. The molecule has 1 aliphatic carbocycles. The number of carbonyl (C=O) groups is 2. The van der Waals surface area contributed by atoms with Crippen LogP contribution in [-0.2, 0) is 15.2 Å². The summed E-state index contributed by atoms with van der Waals surface area (Å²) in [4.78, 5) is 27.4. The van der Waals surface area contributed by atoms with Gasteiger partial charge in [-0.15, -0.1) is 0 Å². The van der Waals surface area contributed by atoms with Gasteiger partial charge in [-0.05, 0) is 43.9 Å². The van der Waals surface area contributed by atoms with E-state index >= 15 is 0 Å². The predicted molar refractivity (Wildman–Crippen MR) is 116 cm³/mol. The highest BCUT2D eigenvalue weighted by Crippen LogP contribution is 2.46. The van der Waals surface area contributed by atoms with Gasteiger partial charge in [-0.25, -0.2) is 0 Å². The van der Waals surface area contributed by atoms with Crippen molar-refractivity contribution >= 4 is 23.4 Å². The van der Waals surface area contributed by atoms with Crippen LogP contribution in [-0.4, -0.2) is 52.2 Å². The highest BCUT2D eigenvalue weighted by molar-refractivity contribution is 6.30. The fourth-order valence-electron chi connectivity index (χ4n) is 4.82. The second-order valence-electron chi connectivity index (χ2n) is 9.47. The molecule has 1 aromatic carbocycles. The fraction of sp³-hybridized carbons (Fsp3) is 0.652. The number of nitrogens with zero attached hydrogens (tertiary/aromatic N) is 1. The maximum absolute atomic E-state index is 13.2. The Morgan fingerprint density at radius 1 is 1.20 bits per heavy atom. The van der Waals surface area contributed by atoms with Crippen molar-refractivity contribution in [3.8, 4) is 0 Å². The number of halogens is 1. The normalized spacial score (nSPS) is 26.3. The van der Waals surface area contributed by atoms with Crippen LogP contribution in [0.1, 0.15) is 58.4 Å². The molecule has 7 heteroatoms. The Morgan fingerprint density at radius 2 is 1.80 bits per heavy atom. The minimum atomic E-state index is -1.11. The zero-order valence-electron chi connectivity index (χ0n) is 18.0. The van der Waals surface area contributed by atoms with E-state index in [0.29, 0.717) is 24.5 Å². The van der Waals surface area contributed by atoms with E-state index in [1.165, 1.54) is 6.92 Å². The molecule has 3 rings (SSSR count). The predicted octanol–water partition coefficient (Wildman–Crippen LogP) is 2.84. The van der Waals surface area contributed by atoms with Gasteiger partial charge >= 0.3 is 0 Å². The molecule has 1 unspecified atom stereocenters. The first-order valence-electron chi connectivity index (χ1n) is 10.8. The molecule has 2 amide bonds. The SMILES string of the molecule is CC(O)[C@@H](NC(=O)C1CCCC1)C(=O)N1CC[C@](O)(c2ccc(Cl)cc2)C(C)(C)C1. The molecule has 0 radical (unpaired) electrons. The number of hydrogen-bond donors (Lipinski definition) is 3. The Morgan fingerprint density at radius 3 is 2.33 bits per heavy atom. The minimum Gasteiger partial charge on any atom is -0.391 e. The topological polar surface area (TPSA) is 89.9 Å². The summed E-state index contributed by atoms with van der Waals surface area (Å²) in [6.45, 7) is 6.03. The Balaban J connectivity index is 1.73. The van der Waals surface area contributed by atoms with Gasteiger partial charge in [-0.2, -0.15) is 0 Å². The Labute approximate surface area is 183 Å². The molecule has 0 spiro atoms. The van der Waals surface area contributed by atoms with Gasteiger partial charge in [-0.1, -0.05) is 50.4 Å². The van der Waals surface area contributed by atoms with Crippen molar-refractivity contribution in [2.75, 3.05) is 13.1 Å². The molecule has 3 N–H and O–H groups in total. The largest absolute Gasteiger partial charge is 0.391 e. The van der Waals surface area contributed by atoms with Crippen molar-refractivity contribution in [2.45, 2.75) is 70.6 Å². The number of rotatable bonds is 5. The van der Waals surface area contributed by atoms with Gasteiger partial charge in [0, 0.05) is 29.4 Å². The van der Waals surface area contributed by atoms with Crippen LogP contribution in [0.4, 0.5) is 0 Å². The van der Waals surface area contributed by atoms with E-state index in [1.807, 2.05) is 26.0 Å². The molecule has 1 heterocycles. The highest BCUT2D eigenvalue weighted by atomic mass is 35.5. The first-order valence-corrected chi connectivity index (χ1v) is 11.2. The summed E-state index contributed by atoms with van der Waals surface area (Å²) in [6, 6.07) is 6.18. The summed E-state index contributed by atoms with van der Waals surface area (Å²) in [6.07, 6.45) is 3.07. The highest BCUT2D eigenvalue weighted by Gasteiger charge is 2.50. The lowest BCUT2D eigenvalue weighted by molar-refractivity contribution is -0.158. The summed E-state index contributed by atoms with van der Waals surface area (Å²) in [5.74, 6) is -0.532. The smallest absolute Gasteiger partial charge is 0.247 e. The van der Waals surface area contributed by atoms with E-state index in [-0.39, 0.29) is 17.7 Å². The number of carbonyl (C=O) groups excluding carboxylic acids is 2. The third-order valence-electron chi connectivity index (χ3n) is 6.85. The van der Waals surface area contributed by atoms with E-state index in [4.69, 9.17) is 11.6 Å². The van der Waals surface area contributed by atoms with Crippen molar-refractivity contribution in [3.63, 3.8) is 0 Å². The second kappa shape index (κ2) is 8.85. The van der Waals surface area contributed by atoms with Gasteiger partial charge in [-0.3, -0.25) is 9.59 Å². The van der Waals surface area contributed by atoms with E-state index in [0.717, 1.165) is 31.2 Å². The van der Waals surface area contributed by atoms with Crippen molar-refractivity contribution < 1.29 is 19.8 Å². The minimum absolute atomic E-state index is 0.0770. The van der Waals surface area contributed by atoms with E-state index < -0.39 is 23.2 Å². The van der Waals surface area contributed by atoms with Gasteiger partial charge in [0.15, 0.2) is 0 Å². The van der Waals surface area contributed by atoms with Crippen molar-refractivity contribution in [1.82, 2.24) is 10.2 Å². The molecule has 1 aliphatic heterocycles. The van der Waals surface area contributed by atoms with Crippen molar-refractivity contribution in [3.05, 3.63) is 34.9 Å². The average Bonchev–Trinajstić information content (AvgIpc) is 3.22. The van der Waals surface area contributed by atoms with Crippen LogP contribution < -0.4 is 5.32 Å². The fourth-order valence-corrected chi connectivity index (χ4v) is 4.94. The Hall–Kier alpha value is -1.63. The van der Waals surface area contributed by atoms with Crippen LogP contribution in [0.25, 0.3) is 0 Å². The number of amides is 2. The van der Waals surface area contributed by atoms with Gasteiger partial charge in [0.1, 0.15) is 6.04 Å². The van der Waals surface area contributed by atoms with Crippen LogP contribution in [0, 0.1) is 11.3 Å². The Bertz CT molecular complexity index is 774. The molecule has 6 nitrogen and oxygen atoms in total. The maximum Gasteiger partial charge on any atom is 0.247 e. The Kier molecular flexibility index (Phi) is 6.80. The van der Waals surface area contributed by atoms with Gasteiger partial charge in [0.2, 0.25) is 11.8 Å². The molecule has 1 saturated heterocycles. The molecule has 3 atom stereocenters. The lowest BCUT2D eigenvalue weighted by Crippen LogP contribution is -2.61. The summed E-state index contributed by atoms with van der Waals surface area (Å²) in [5.41, 5.74) is -0.972.